The average molecular weight is 239 g/mol. The van der Waals surface area contributed by atoms with E-state index in [1.54, 1.807) is 0 Å². The highest BCUT2D eigenvalue weighted by Crippen LogP contribution is 2.29. The number of hydrogen-bond donors (Lipinski definition) is 1. The van der Waals surface area contributed by atoms with Crippen LogP contribution in [0.5, 0.6) is 5.75 Å². The summed E-state index contributed by atoms with van der Waals surface area (Å²) in [7, 11) is 0. The van der Waals surface area contributed by atoms with E-state index in [2.05, 4.69) is 54.7 Å². The molecule has 1 N–H and O–H groups in total. The third-order valence-electron chi connectivity index (χ3n) is 3.37. The average Bonchev–Trinajstić information content (AvgIpc) is 2.87. The van der Waals surface area contributed by atoms with Crippen LogP contribution in [0.2, 0.25) is 0 Å². The van der Waals surface area contributed by atoms with Gasteiger partial charge in [-0.05, 0) is 36.2 Å². The molecule has 0 saturated heterocycles. The Labute approximate surface area is 108 Å². The van der Waals surface area contributed by atoms with Crippen LogP contribution in [0.1, 0.15) is 24.1 Å². The molecule has 0 amide bonds. The molecule has 0 fully saturated rings. The molecule has 0 spiro atoms. The highest BCUT2D eigenvalue weighted by Gasteiger charge is 2.13. The second-order valence-electron chi connectivity index (χ2n) is 4.70. The monoisotopic (exact) mass is 239 g/mol. The molecule has 3 rings (SSSR count). The minimum atomic E-state index is 0.312. The van der Waals surface area contributed by atoms with E-state index >= 15 is 0 Å². The molecule has 0 bridgehead atoms. The van der Waals surface area contributed by atoms with Gasteiger partial charge in [-0.15, -0.1) is 0 Å². The molecule has 2 aromatic rings. The van der Waals surface area contributed by atoms with Crippen LogP contribution in [-0.4, -0.2) is 6.61 Å². The standard InChI is InChI=1S/C16H17NO/c1-12(13-5-3-2-4-6-13)17-15-7-8-16-14(11-15)9-10-18-16/h2-8,11-12,17H,9-10H2,1H3. The maximum absolute atomic E-state index is 5.52. The van der Waals surface area contributed by atoms with Crippen molar-refractivity contribution in [2.45, 2.75) is 19.4 Å². The summed E-state index contributed by atoms with van der Waals surface area (Å²) >= 11 is 0. The Hall–Kier alpha value is -1.96. The molecular formula is C16H17NO. The number of ether oxygens (including phenoxy) is 1. The zero-order chi connectivity index (χ0) is 12.4. The summed E-state index contributed by atoms with van der Waals surface area (Å²) in [5.41, 5.74) is 3.77. The molecule has 2 nitrogen and oxygen atoms in total. The van der Waals surface area contributed by atoms with E-state index in [1.165, 1.54) is 11.1 Å². The van der Waals surface area contributed by atoms with Crippen LogP contribution in [0.3, 0.4) is 0 Å². The van der Waals surface area contributed by atoms with E-state index in [0.29, 0.717) is 6.04 Å². The highest BCUT2D eigenvalue weighted by molar-refractivity contribution is 5.53. The minimum absolute atomic E-state index is 0.312. The number of rotatable bonds is 3. The van der Waals surface area contributed by atoms with Gasteiger partial charge in [-0.25, -0.2) is 0 Å². The molecule has 92 valence electrons. The van der Waals surface area contributed by atoms with Gasteiger partial charge < -0.3 is 10.1 Å². The van der Waals surface area contributed by atoms with E-state index in [1.807, 2.05) is 6.07 Å². The first-order chi connectivity index (χ1) is 8.83. The van der Waals surface area contributed by atoms with Crippen LogP contribution in [0.25, 0.3) is 0 Å². The molecule has 0 aliphatic carbocycles. The van der Waals surface area contributed by atoms with Crippen LogP contribution in [0.15, 0.2) is 48.5 Å². The Morgan fingerprint density at radius 2 is 1.94 bits per heavy atom. The van der Waals surface area contributed by atoms with Crippen molar-refractivity contribution in [3.63, 3.8) is 0 Å². The van der Waals surface area contributed by atoms with Gasteiger partial charge in [0.1, 0.15) is 5.75 Å². The van der Waals surface area contributed by atoms with Crippen molar-refractivity contribution in [3.8, 4) is 5.75 Å². The van der Waals surface area contributed by atoms with Gasteiger partial charge in [0.2, 0.25) is 0 Å². The number of nitrogens with one attached hydrogen (secondary N) is 1. The maximum Gasteiger partial charge on any atom is 0.122 e. The molecule has 0 aromatic heterocycles. The van der Waals surface area contributed by atoms with Gasteiger partial charge in [0.25, 0.3) is 0 Å². The van der Waals surface area contributed by atoms with Gasteiger partial charge >= 0.3 is 0 Å². The van der Waals surface area contributed by atoms with Crippen molar-refractivity contribution in [1.82, 2.24) is 0 Å². The summed E-state index contributed by atoms with van der Waals surface area (Å²) in [4.78, 5) is 0. The number of anilines is 1. The zero-order valence-corrected chi connectivity index (χ0v) is 10.5. The van der Waals surface area contributed by atoms with E-state index in [9.17, 15) is 0 Å². The second-order valence-corrected chi connectivity index (χ2v) is 4.70. The lowest BCUT2D eigenvalue weighted by Gasteiger charge is -2.16. The largest absolute Gasteiger partial charge is 0.493 e. The van der Waals surface area contributed by atoms with Gasteiger partial charge in [0, 0.05) is 18.2 Å². The molecule has 1 unspecified atom stereocenters. The van der Waals surface area contributed by atoms with Crippen LogP contribution < -0.4 is 10.1 Å². The molecule has 0 saturated carbocycles. The van der Waals surface area contributed by atoms with Crippen molar-refractivity contribution in [3.05, 3.63) is 59.7 Å². The molecule has 1 aliphatic rings. The van der Waals surface area contributed by atoms with Crippen molar-refractivity contribution < 1.29 is 4.74 Å². The van der Waals surface area contributed by atoms with Crippen molar-refractivity contribution >= 4 is 5.69 Å². The number of hydrogen-bond acceptors (Lipinski definition) is 2. The van der Waals surface area contributed by atoms with Gasteiger partial charge in [-0.3, -0.25) is 0 Å². The van der Waals surface area contributed by atoms with Crippen LogP contribution >= 0.6 is 0 Å². The molecule has 2 heteroatoms. The molecule has 1 heterocycles. The second kappa shape index (κ2) is 4.73. The Morgan fingerprint density at radius 1 is 1.11 bits per heavy atom. The van der Waals surface area contributed by atoms with Crippen LogP contribution in [0, 0.1) is 0 Å². The number of benzene rings is 2. The first kappa shape index (κ1) is 11.1. The third kappa shape index (κ3) is 2.19. The normalized spacial score (nSPS) is 14.7. The quantitative estimate of drug-likeness (QED) is 0.879. The maximum atomic E-state index is 5.52. The van der Waals surface area contributed by atoms with Gasteiger partial charge in [0.05, 0.1) is 6.61 Å². The SMILES string of the molecule is CC(Nc1ccc2c(c1)CCO2)c1ccccc1. The van der Waals surface area contributed by atoms with Crippen molar-refractivity contribution in [1.29, 1.82) is 0 Å². The summed E-state index contributed by atoms with van der Waals surface area (Å²) in [6.45, 7) is 2.99. The van der Waals surface area contributed by atoms with E-state index in [4.69, 9.17) is 4.74 Å². The summed E-state index contributed by atoms with van der Waals surface area (Å²) in [5, 5.41) is 3.53. The topological polar surface area (TPSA) is 21.3 Å². The highest BCUT2D eigenvalue weighted by atomic mass is 16.5. The Kier molecular flexibility index (Phi) is 2.93. The minimum Gasteiger partial charge on any atom is -0.493 e. The van der Waals surface area contributed by atoms with Crippen LogP contribution in [0.4, 0.5) is 5.69 Å². The fraction of sp³-hybridized carbons (Fsp3) is 0.250. The lowest BCUT2D eigenvalue weighted by molar-refractivity contribution is 0.357. The van der Waals surface area contributed by atoms with Gasteiger partial charge in [0.15, 0.2) is 0 Å². The van der Waals surface area contributed by atoms with Crippen molar-refractivity contribution in [2.75, 3.05) is 11.9 Å². The first-order valence-electron chi connectivity index (χ1n) is 6.40. The van der Waals surface area contributed by atoms with Gasteiger partial charge in [-0.1, -0.05) is 30.3 Å². The van der Waals surface area contributed by atoms with Crippen molar-refractivity contribution in [2.24, 2.45) is 0 Å². The van der Waals surface area contributed by atoms with E-state index in [0.717, 1.165) is 24.5 Å². The van der Waals surface area contributed by atoms with Crippen LogP contribution in [-0.2, 0) is 6.42 Å². The molecule has 18 heavy (non-hydrogen) atoms. The third-order valence-corrected chi connectivity index (χ3v) is 3.37. The fourth-order valence-corrected chi connectivity index (χ4v) is 2.35. The molecule has 2 aromatic carbocycles. The van der Waals surface area contributed by atoms with E-state index in [-0.39, 0.29) is 0 Å². The summed E-state index contributed by atoms with van der Waals surface area (Å²) < 4.78 is 5.52. The molecular weight excluding hydrogens is 222 g/mol. The smallest absolute Gasteiger partial charge is 0.122 e. The van der Waals surface area contributed by atoms with Gasteiger partial charge in [-0.2, -0.15) is 0 Å². The summed E-state index contributed by atoms with van der Waals surface area (Å²) in [6.07, 6.45) is 1.02. The predicted octanol–water partition coefficient (Wildman–Crippen LogP) is 3.79. The summed E-state index contributed by atoms with van der Waals surface area (Å²) in [5.74, 6) is 1.04. The Morgan fingerprint density at radius 3 is 2.78 bits per heavy atom. The Balaban J connectivity index is 1.77. The number of fused-ring (bicyclic) bond motifs is 1. The fourth-order valence-electron chi connectivity index (χ4n) is 2.35. The predicted molar refractivity (Wildman–Crippen MR) is 74.1 cm³/mol. The summed E-state index contributed by atoms with van der Waals surface area (Å²) in [6, 6.07) is 17.1. The Bertz CT molecular complexity index is 536. The first-order valence-corrected chi connectivity index (χ1v) is 6.40. The molecule has 1 aliphatic heterocycles. The lowest BCUT2D eigenvalue weighted by Crippen LogP contribution is -2.06. The lowest BCUT2D eigenvalue weighted by atomic mass is 10.1. The zero-order valence-electron chi connectivity index (χ0n) is 10.5. The van der Waals surface area contributed by atoms with E-state index < -0.39 is 0 Å². The molecule has 1 atom stereocenters. The molecule has 0 radical (unpaired) electrons.